The lowest BCUT2D eigenvalue weighted by Crippen LogP contribution is -2.52. The van der Waals surface area contributed by atoms with E-state index in [2.05, 4.69) is 5.32 Å². The van der Waals surface area contributed by atoms with Gasteiger partial charge < -0.3 is 14.8 Å². The van der Waals surface area contributed by atoms with Crippen molar-refractivity contribution in [2.24, 2.45) is 0 Å². The number of carbonyl (C=O) groups excluding carboxylic acids is 3. The van der Waals surface area contributed by atoms with Crippen molar-refractivity contribution < 1.29 is 32.4 Å². The van der Waals surface area contributed by atoms with E-state index in [-0.39, 0.29) is 42.1 Å². The first-order chi connectivity index (χ1) is 20.6. The van der Waals surface area contributed by atoms with Gasteiger partial charge in [-0.3, -0.25) is 24.0 Å². The number of nitrogens with zero attached hydrogens (tertiary/aromatic N) is 3. The molecule has 0 aliphatic carbocycles. The highest BCUT2D eigenvalue weighted by molar-refractivity contribution is 5.97. The van der Waals surface area contributed by atoms with E-state index in [1.807, 2.05) is 37.3 Å². The van der Waals surface area contributed by atoms with Crippen LogP contribution in [0.15, 0.2) is 59.5 Å². The Morgan fingerprint density at radius 2 is 1.79 bits per heavy atom. The van der Waals surface area contributed by atoms with Crippen molar-refractivity contribution in [2.45, 2.75) is 56.8 Å². The van der Waals surface area contributed by atoms with Crippen molar-refractivity contribution in [3.63, 3.8) is 0 Å². The van der Waals surface area contributed by atoms with Crippen LogP contribution in [0.4, 0.5) is 13.2 Å². The SMILES string of the molecule is CC1CCC2(CC(=O)N(CCc3ccccc3)O2)C2CN1C(=O)c1cc(=O)c(C(=O)NCc3c(F)cc(F)cc3F)cn12. The lowest BCUT2D eigenvalue weighted by Gasteiger charge is -2.42. The third-order valence-electron chi connectivity index (χ3n) is 8.63. The average Bonchev–Trinajstić information content (AvgIpc) is 3.24. The Hall–Kier alpha value is -4.45. The molecule has 2 aromatic carbocycles. The maximum atomic E-state index is 14.1. The van der Waals surface area contributed by atoms with Gasteiger partial charge in [0, 0.05) is 49.1 Å². The van der Waals surface area contributed by atoms with Gasteiger partial charge >= 0.3 is 0 Å². The van der Waals surface area contributed by atoms with E-state index in [9.17, 15) is 32.3 Å². The zero-order valence-electron chi connectivity index (χ0n) is 23.3. The highest BCUT2D eigenvalue weighted by atomic mass is 19.1. The van der Waals surface area contributed by atoms with Gasteiger partial charge in [-0.05, 0) is 31.7 Å². The van der Waals surface area contributed by atoms with Gasteiger partial charge in [0.2, 0.25) is 5.91 Å². The largest absolute Gasteiger partial charge is 0.348 e. The maximum absolute atomic E-state index is 14.1. The zero-order valence-corrected chi connectivity index (χ0v) is 23.3. The minimum absolute atomic E-state index is 0.0530. The van der Waals surface area contributed by atoms with Crippen molar-refractivity contribution in [3.8, 4) is 0 Å². The number of fused-ring (bicyclic) bond motifs is 5. The quantitative estimate of drug-likeness (QED) is 0.471. The number of hydroxylamine groups is 2. The molecule has 3 unspecified atom stereocenters. The smallest absolute Gasteiger partial charge is 0.270 e. The fraction of sp³-hybridized carbons (Fsp3) is 0.355. The topological polar surface area (TPSA) is 101 Å². The molecule has 3 aliphatic rings. The number of halogens is 3. The van der Waals surface area contributed by atoms with Gasteiger partial charge in [-0.2, -0.15) is 0 Å². The fourth-order valence-electron chi connectivity index (χ4n) is 6.24. The number of pyridine rings is 1. The van der Waals surface area contributed by atoms with E-state index in [4.69, 9.17) is 4.84 Å². The highest BCUT2D eigenvalue weighted by Gasteiger charge is 2.55. The minimum Gasteiger partial charge on any atom is -0.348 e. The van der Waals surface area contributed by atoms with Crippen LogP contribution in [-0.4, -0.2) is 57.0 Å². The molecule has 2 bridgehead atoms. The molecule has 6 rings (SSSR count). The highest BCUT2D eigenvalue weighted by Crippen LogP contribution is 2.46. The molecule has 9 nitrogen and oxygen atoms in total. The molecule has 1 N–H and O–H groups in total. The fourth-order valence-corrected chi connectivity index (χ4v) is 6.24. The molecule has 3 amide bonds. The first-order valence-corrected chi connectivity index (χ1v) is 14.1. The summed E-state index contributed by atoms with van der Waals surface area (Å²) in [6.45, 7) is 1.80. The Balaban J connectivity index is 1.31. The standard InChI is InChI=1S/C31H29F3N4O5/c1-18-7-9-31(14-28(40)38(43-31)10-8-19-5-3-2-4-6-19)27-17-36(18)30(42)25-13-26(39)22(16-37(25)27)29(41)35-15-21-23(33)11-20(32)12-24(21)34/h2-6,11-13,16,18,27H,7-10,14-15,17H2,1H3,(H,35,41). The molecule has 2 saturated heterocycles. The predicted molar refractivity (Wildman–Crippen MR) is 147 cm³/mol. The molecule has 3 aliphatic heterocycles. The molecule has 2 fully saturated rings. The van der Waals surface area contributed by atoms with Crippen molar-refractivity contribution in [3.05, 3.63) is 105 Å². The summed E-state index contributed by atoms with van der Waals surface area (Å²) >= 11 is 0. The summed E-state index contributed by atoms with van der Waals surface area (Å²) in [6, 6.07) is 11.0. The van der Waals surface area contributed by atoms with Gasteiger partial charge in [-0.1, -0.05) is 30.3 Å². The van der Waals surface area contributed by atoms with Crippen LogP contribution in [0.2, 0.25) is 0 Å². The molecule has 4 heterocycles. The molecule has 0 radical (unpaired) electrons. The predicted octanol–water partition coefficient (Wildman–Crippen LogP) is 3.52. The van der Waals surface area contributed by atoms with Crippen LogP contribution in [0, 0.1) is 17.5 Å². The molecule has 43 heavy (non-hydrogen) atoms. The number of nitrogens with one attached hydrogen (secondary N) is 1. The zero-order chi connectivity index (χ0) is 30.5. The second-order valence-electron chi connectivity index (χ2n) is 11.3. The summed E-state index contributed by atoms with van der Waals surface area (Å²) in [7, 11) is 0. The van der Waals surface area contributed by atoms with Crippen LogP contribution < -0.4 is 10.7 Å². The second-order valence-corrected chi connectivity index (χ2v) is 11.3. The first kappa shape index (κ1) is 28.7. The van der Waals surface area contributed by atoms with E-state index in [1.165, 1.54) is 15.8 Å². The number of carbonyl (C=O) groups is 3. The van der Waals surface area contributed by atoms with Crippen molar-refractivity contribution >= 4 is 17.7 Å². The number of rotatable bonds is 6. The molecule has 0 saturated carbocycles. The molecule has 1 aromatic heterocycles. The number of amides is 3. The normalized spacial score (nSPS) is 23.0. The summed E-state index contributed by atoms with van der Waals surface area (Å²) in [6.07, 6.45) is 2.90. The van der Waals surface area contributed by atoms with E-state index in [0.29, 0.717) is 37.9 Å². The Morgan fingerprint density at radius 1 is 1.07 bits per heavy atom. The maximum Gasteiger partial charge on any atom is 0.270 e. The van der Waals surface area contributed by atoms with Crippen molar-refractivity contribution in [2.75, 3.05) is 13.1 Å². The van der Waals surface area contributed by atoms with Crippen LogP contribution in [0.3, 0.4) is 0 Å². The molecule has 3 atom stereocenters. The van der Waals surface area contributed by atoms with Gasteiger partial charge in [0.25, 0.3) is 11.8 Å². The minimum atomic E-state index is -1.18. The van der Waals surface area contributed by atoms with E-state index in [1.54, 1.807) is 4.90 Å². The Morgan fingerprint density at radius 3 is 2.51 bits per heavy atom. The number of aromatic nitrogens is 1. The summed E-state index contributed by atoms with van der Waals surface area (Å²) in [5, 5.41) is 3.68. The third-order valence-corrected chi connectivity index (χ3v) is 8.63. The average molecular weight is 595 g/mol. The first-order valence-electron chi connectivity index (χ1n) is 14.1. The van der Waals surface area contributed by atoms with Crippen LogP contribution in [0.25, 0.3) is 0 Å². The van der Waals surface area contributed by atoms with Gasteiger partial charge in [0.1, 0.15) is 34.3 Å². The van der Waals surface area contributed by atoms with Crippen LogP contribution in [0.5, 0.6) is 0 Å². The number of hydrogen-bond donors (Lipinski definition) is 1. The van der Waals surface area contributed by atoms with Crippen molar-refractivity contribution in [1.29, 1.82) is 0 Å². The summed E-state index contributed by atoms with van der Waals surface area (Å²) < 4.78 is 43.1. The molecule has 12 heteroatoms. The lowest BCUT2D eigenvalue weighted by molar-refractivity contribution is -0.213. The Bertz CT molecular complexity index is 1660. The second kappa shape index (κ2) is 11.0. The van der Waals surface area contributed by atoms with Crippen LogP contribution in [0.1, 0.15) is 64.2 Å². The van der Waals surface area contributed by atoms with Crippen molar-refractivity contribution in [1.82, 2.24) is 19.8 Å². The Kier molecular flexibility index (Phi) is 7.33. The molecule has 1 spiro atoms. The molecule has 3 aromatic rings. The van der Waals surface area contributed by atoms with Gasteiger partial charge in [0.05, 0.1) is 19.0 Å². The monoisotopic (exact) mass is 594 g/mol. The van der Waals surface area contributed by atoms with Gasteiger partial charge in [-0.25, -0.2) is 18.2 Å². The Labute approximate surface area is 244 Å². The third kappa shape index (κ3) is 5.20. The summed E-state index contributed by atoms with van der Waals surface area (Å²) in [5.74, 6) is -4.97. The van der Waals surface area contributed by atoms with E-state index >= 15 is 0 Å². The number of hydrogen-bond acceptors (Lipinski definition) is 5. The van der Waals surface area contributed by atoms with Crippen LogP contribution >= 0.6 is 0 Å². The van der Waals surface area contributed by atoms with Gasteiger partial charge in [0.15, 0.2) is 5.43 Å². The van der Waals surface area contributed by atoms with E-state index in [0.717, 1.165) is 11.6 Å². The summed E-state index contributed by atoms with van der Waals surface area (Å²) in [5.41, 5.74) is -1.61. The summed E-state index contributed by atoms with van der Waals surface area (Å²) in [4.78, 5) is 60.9. The molecular weight excluding hydrogens is 565 g/mol. The molecular formula is C31H29F3N4O5. The number of benzene rings is 2. The lowest BCUT2D eigenvalue weighted by atomic mass is 9.85. The van der Waals surface area contributed by atoms with Gasteiger partial charge in [-0.15, -0.1) is 0 Å². The van der Waals surface area contributed by atoms with Crippen LogP contribution in [-0.2, 0) is 22.6 Å². The molecule has 224 valence electrons. The van der Waals surface area contributed by atoms with E-state index < -0.39 is 52.5 Å².